The van der Waals surface area contributed by atoms with Gasteiger partial charge in [-0.2, -0.15) is 8.42 Å². The van der Waals surface area contributed by atoms with Crippen LogP contribution in [0.15, 0.2) is 46.5 Å². The van der Waals surface area contributed by atoms with E-state index in [1.807, 2.05) is 0 Å². The highest BCUT2D eigenvalue weighted by molar-refractivity contribution is 7.81. The van der Waals surface area contributed by atoms with Crippen LogP contribution in [-0.4, -0.2) is 26.7 Å². The number of nitrogens with zero attached hydrogens (tertiary/aromatic N) is 4. The smallest absolute Gasteiger partial charge is 0.275 e. The molecule has 0 N–H and O–H groups in total. The van der Waals surface area contributed by atoms with Crippen molar-refractivity contribution in [2.75, 3.05) is 0 Å². The molecule has 0 atom stereocenters. The Morgan fingerprint density at radius 3 is 1.60 bits per heavy atom. The van der Waals surface area contributed by atoms with Gasteiger partial charge in [0.05, 0.1) is 0 Å². The summed E-state index contributed by atoms with van der Waals surface area (Å²) in [5.41, 5.74) is -0.930. The van der Waals surface area contributed by atoms with Crippen molar-refractivity contribution < 1.29 is 16.8 Å². The summed E-state index contributed by atoms with van der Waals surface area (Å²) in [6, 6.07) is 0. The lowest BCUT2D eigenvalue weighted by Crippen LogP contribution is -2.26. The summed E-state index contributed by atoms with van der Waals surface area (Å²) >= 11 is 0. The van der Waals surface area contributed by atoms with Crippen molar-refractivity contribution >= 4 is 22.8 Å². The molecule has 0 radical (unpaired) electrons. The summed E-state index contributed by atoms with van der Waals surface area (Å²) in [4.78, 5) is 23.7. The van der Waals surface area contributed by atoms with Gasteiger partial charge in [0.15, 0.2) is 0 Å². The Balaban J connectivity index is 1.99. The van der Waals surface area contributed by atoms with E-state index in [0.717, 1.165) is 9.13 Å². The minimum atomic E-state index is -4.39. The van der Waals surface area contributed by atoms with Crippen molar-refractivity contribution in [1.82, 2.24) is 18.3 Å². The standard InChI is InChI=1S/C14H18N4O6S/c1-3-5-15-7-9-17(13(15)19)11-23-25(21,22)24-12-18-10-8-16(6-4-2)14(18)20/h3-10H,11-12H2,1-2H3/b5-3+,6-4+. The molecule has 25 heavy (non-hydrogen) atoms. The Labute approximate surface area is 143 Å². The maximum absolute atomic E-state index is 11.9. The molecule has 2 heterocycles. The molecule has 0 aliphatic heterocycles. The number of imidazole rings is 2. The fourth-order valence-corrected chi connectivity index (χ4v) is 2.43. The topological polar surface area (TPSA) is 106 Å². The second kappa shape index (κ2) is 7.96. The van der Waals surface area contributed by atoms with E-state index in [-0.39, 0.29) is 0 Å². The largest absolute Gasteiger partial charge is 0.403 e. The highest BCUT2D eigenvalue weighted by Gasteiger charge is 2.15. The predicted octanol–water partition coefficient (Wildman–Crippen LogP) is 0.487. The van der Waals surface area contributed by atoms with E-state index >= 15 is 0 Å². The molecule has 0 aliphatic rings. The zero-order valence-corrected chi connectivity index (χ0v) is 14.5. The van der Waals surface area contributed by atoms with Gasteiger partial charge in [-0.25, -0.2) is 18.0 Å². The highest BCUT2D eigenvalue weighted by atomic mass is 32.3. The van der Waals surface area contributed by atoms with Crippen molar-refractivity contribution in [3.8, 4) is 0 Å². The van der Waals surface area contributed by atoms with Crippen molar-refractivity contribution in [3.05, 3.63) is 57.9 Å². The molecule has 0 aromatic carbocycles. The Morgan fingerprint density at radius 2 is 1.24 bits per heavy atom. The molecule has 0 spiro atoms. The zero-order chi connectivity index (χ0) is 18.4. The molecule has 11 heteroatoms. The molecular weight excluding hydrogens is 352 g/mol. The van der Waals surface area contributed by atoms with Crippen LogP contribution in [0.4, 0.5) is 0 Å². The van der Waals surface area contributed by atoms with Gasteiger partial charge in [-0.3, -0.25) is 18.3 Å². The third kappa shape index (κ3) is 4.68. The van der Waals surface area contributed by atoms with E-state index in [2.05, 4.69) is 8.37 Å². The highest BCUT2D eigenvalue weighted by Crippen LogP contribution is 2.00. The van der Waals surface area contributed by atoms with Gasteiger partial charge in [0.2, 0.25) is 0 Å². The van der Waals surface area contributed by atoms with Crippen LogP contribution in [0.2, 0.25) is 0 Å². The molecule has 0 fully saturated rings. The van der Waals surface area contributed by atoms with Crippen LogP contribution in [0, 0.1) is 0 Å². The lowest BCUT2D eigenvalue weighted by molar-refractivity contribution is 0.146. The number of allylic oxidation sites excluding steroid dienone is 2. The van der Waals surface area contributed by atoms with Gasteiger partial charge in [-0.1, -0.05) is 12.2 Å². The Morgan fingerprint density at radius 1 is 0.840 bits per heavy atom. The van der Waals surface area contributed by atoms with Crippen LogP contribution in [0.1, 0.15) is 13.8 Å². The molecule has 0 unspecified atom stereocenters. The van der Waals surface area contributed by atoms with E-state index in [4.69, 9.17) is 0 Å². The third-order valence-corrected chi connectivity index (χ3v) is 3.83. The number of hydrogen-bond acceptors (Lipinski definition) is 6. The second-order valence-corrected chi connectivity index (χ2v) is 6.07. The van der Waals surface area contributed by atoms with E-state index in [0.29, 0.717) is 0 Å². The van der Waals surface area contributed by atoms with Crippen molar-refractivity contribution in [3.63, 3.8) is 0 Å². The molecule has 0 saturated carbocycles. The number of aromatic nitrogens is 4. The summed E-state index contributed by atoms with van der Waals surface area (Å²) in [6.07, 6.45) is 12.0. The van der Waals surface area contributed by atoms with Gasteiger partial charge in [-0.05, 0) is 13.8 Å². The van der Waals surface area contributed by atoms with Crippen LogP contribution in [-0.2, 0) is 32.2 Å². The molecule has 2 aromatic rings. The average molecular weight is 370 g/mol. The first-order chi connectivity index (χ1) is 11.9. The van der Waals surface area contributed by atoms with Crippen LogP contribution in [0.3, 0.4) is 0 Å². The Kier molecular flexibility index (Phi) is 5.96. The molecule has 10 nitrogen and oxygen atoms in total. The van der Waals surface area contributed by atoms with E-state index in [1.54, 1.807) is 26.0 Å². The first kappa shape index (κ1) is 18.7. The van der Waals surface area contributed by atoms with Gasteiger partial charge in [0.1, 0.15) is 13.5 Å². The van der Waals surface area contributed by atoms with Gasteiger partial charge in [0, 0.05) is 37.2 Å². The third-order valence-electron chi connectivity index (χ3n) is 3.04. The number of hydrogen-bond donors (Lipinski definition) is 0. The maximum atomic E-state index is 11.9. The molecule has 0 bridgehead atoms. The molecule has 136 valence electrons. The molecule has 0 saturated heterocycles. The quantitative estimate of drug-likeness (QED) is 0.669. The van der Waals surface area contributed by atoms with Crippen LogP contribution in [0.25, 0.3) is 12.4 Å². The molecule has 2 aromatic heterocycles. The van der Waals surface area contributed by atoms with Crippen LogP contribution in [0.5, 0.6) is 0 Å². The molecular formula is C14H18N4O6S. The predicted molar refractivity (Wildman–Crippen MR) is 90.5 cm³/mol. The summed E-state index contributed by atoms with van der Waals surface area (Å²) in [5.74, 6) is 0. The SMILES string of the molecule is C/C=C/n1ccn(COS(=O)(=O)OCn2ccn(/C=C/C)c2=O)c1=O. The first-order valence-corrected chi connectivity index (χ1v) is 8.55. The minimum absolute atomic E-state index is 0.465. The van der Waals surface area contributed by atoms with E-state index in [9.17, 15) is 18.0 Å². The summed E-state index contributed by atoms with van der Waals surface area (Å²) in [7, 11) is -4.39. The monoisotopic (exact) mass is 370 g/mol. The number of rotatable bonds is 8. The van der Waals surface area contributed by atoms with Crippen LogP contribution < -0.4 is 11.4 Å². The lowest BCUT2D eigenvalue weighted by Gasteiger charge is -2.06. The van der Waals surface area contributed by atoms with E-state index < -0.39 is 35.2 Å². The first-order valence-electron chi connectivity index (χ1n) is 7.22. The zero-order valence-electron chi connectivity index (χ0n) is 13.7. The Hall–Kier alpha value is -2.63. The van der Waals surface area contributed by atoms with Crippen molar-refractivity contribution in [2.24, 2.45) is 0 Å². The second-order valence-electron chi connectivity index (χ2n) is 4.78. The van der Waals surface area contributed by atoms with Gasteiger partial charge in [-0.15, -0.1) is 0 Å². The lowest BCUT2D eigenvalue weighted by atomic mass is 10.7. The summed E-state index contributed by atoms with van der Waals surface area (Å²) in [6.45, 7) is 2.40. The fraction of sp³-hybridized carbons (Fsp3) is 0.286. The fourth-order valence-electron chi connectivity index (χ4n) is 1.88. The van der Waals surface area contributed by atoms with Gasteiger partial charge >= 0.3 is 21.8 Å². The average Bonchev–Trinajstić information content (AvgIpc) is 3.09. The molecule has 0 amide bonds. The van der Waals surface area contributed by atoms with Crippen LogP contribution >= 0.6 is 0 Å². The van der Waals surface area contributed by atoms with Crippen molar-refractivity contribution in [1.29, 1.82) is 0 Å². The minimum Gasteiger partial charge on any atom is -0.275 e. The molecule has 2 rings (SSSR count). The maximum Gasteiger partial charge on any atom is 0.403 e. The van der Waals surface area contributed by atoms with Gasteiger partial charge in [0.25, 0.3) is 0 Å². The normalized spacial score (nSPS) is 12.6. The van der Waals surface area contributed by atoms with Crippen molar-refractivity contribution in [2.45, 2.75) is 27.3 Å². The van der Waals surface area contributed by atoms with E-state index in [1.165, 1.54) is 46.3 Å². The summed E-state index contributed by atoms with van der Waals surface area (Å²) in [5, 5.41) is 0. The van der Waals surface area contributed by atoms with Gasteiger partial charge < -0.3 is 0 Å². The summed E-state index contributed by atoms with van der Waals surface area (Å²) < 4.78 is 37.4. The molecule has 0 aliphatic carbocycles. The Bertz CT molecular complexity index is 915.